The molecule has 2 aromatic rings. The van der Waals surface area contributed by atoms with E-state index in [1.807, 2.05) is 0 Å². The summed E-state index contributed by atoms with van der Waals surface area (Å²) in [7, 11) is -3.68. The average molecular weight is 396 g/mol. The van der Waals surface area contributed by atoms with Crippen LogP contribution in [0.15, 0.2) is 47.4 Å². The highest BCUT2D eigenvalue weighted by Gasteiger charge is 2.27. The fourth-order valence-electron chi connectivity index (χ4n) is 2.57. The summed E-state index contributed by atoms with van der Waals surface area (Å²) in [6, 6.07) is 10.7. The van der Waals surface area contributed by atoms with E-state index < -0.39 is 16.0 Å². The van der Waals surface area contributed by atoms with E-state index in [1.54, 1.807) is 25.1 Å². The second-order valence-electron chi connectivity index (χ2n) is 5.84. The van der Waals surface area contributed by atoms with E-state index in [9.17, 15) is 13.2 Å². The molecule has 0 spiro atoms. The number of carbonyl (C=O) groups is 1. The Kier molecular flexibility index (Phi) is 5.62. The van der Waals surface area contributed by atoms with Crippen molar-refractivity contribution in [3.05, 3.63) is 58.6 Å². The molecule has 0 atom stereocenters. The number of morpholine rings is 1. The molecule has 6 nitrogen and oxygen atoms in total. The van der Waals surface area contributed by atoms with Crippen molar-refractivity contribution < 1.29 is 22.7 Å². The van der Waals surface area contributed by atoms with Crippen molar-refractivity contribution in [3.8, 4) is 5.75 Å². The highest BCUT2D eigenvalue weighted by Crippen LogP contribution is 2.23. The van der Waals surface area contributed by atoms with Gasteiger partial charge in [-0.15, -0.1) is 0 Å². The van der Waals surface area contributed by atoms with Gasteiger partial charge in [-0.25, -0.2) is 13.2 Å². The normalized spacial score (nSPS) is 15.6. The number of carbonyl (C=O) groups excluding carboxylic acids is 1. The van der Waals surface area contributed by atoms with Crippen LogP contribution < -0.4 is 4.74 Å². The number of ether oxygens (including phenoxy) is 2. The molecule has 0 bridgehead atoms. The summed E-state index contributed by atoms with van der Waals surface area (Å²) in [5.74, 6) is -0.288. The Balaban J connectivity index is 1.82. The predicted molar refractivity (Wildman–Crippen MR) is 97.2 cm³/mol. The molecule has 3 rings (SSSR count). The lowest BCUT2D eigenvalue weighted by atomic mass is 10.2. The lowest BCUT2D eigenvalue weighted by Gasteiger charge is -2.26. The maximum Gasteiger partial charge on any atom is 0.343 e. The molecular weight excluding hydrogens is 378 g/mol. The molecular formula is C18H18ClNO5S. The summed E-state index contributed by atoms with van der Waals surface area (Å²) in [4.78, 5) is 12.4. The average Bonchev–Trinajstić information content (AvgIpc) is 2.65. The van der Waals surface area contributed by atoms with Gasteiger partial charge in [-0.2, -0.15) is 4.31 Å². The smallest absolute Gasteiger partial charge is 0.343 e. The van der Waals surface area contributed by atoms with Crippen LogP contribution in [0.4, 0.5) is 0 Å². The van der Waals surface area contributed by atoms with E-state index in [1.165, 1.54) is 28.6 Å². The molecule has 0 amide bonds. The van der Waals surface area contributed by atoms with Gasteiger partial charge in [0.25, 0.3) is 0 Å². The fourth-order valence-corrected chi connectivity index (χ4v) is 4.14. The van der Waals surface area contributed by atoms with Crippen LogP contribution in [0.2, 0.25) is 5.02 Å². The number of halogens is 1. The third-order valence-electron chi connectivity index (χ3n) is 4.02. The number of hydrogen-bond donors (Lipinski definition) is 0. The quantitative estimate of drug-likeness (QED) is 0.588. The lowest BCUT2D eigenvalue weighted by molar-refractivity contribution is 0.0727. The summed E-state index contributed by atoms with van der Waals surface area (Å²) in [5, 5.41) is 0.573. The zero-order valence-corrected chi connectivity index (χ0v) is 15.7. The molecule has 1 saturated heterocycles. The van der Waals surface area contributed by atoms with Crippen molar-refractivity contribution in [2.24, 2.45) is 0 Å². The van der Waals surface area contributed by atoms with E-state index in [4.69, 9.17) is 21.1 Å². The second kappa shape index (κ2) is 7.75. The van der Waals surface area contributed by atoms with Gasteiger partial charge < -0.3 is 9.47 Å². The van der Waals surface area contributed by atoms with E-state index in [-0.39, 0.29) is 10.5 Å². The first-order valence-electron chi connectivity index (χ1n) is 8.04. The van der Waals surface area contributed by atoms with Crippen LogP contribution in [0.5, 0.6) is 5.75 Å². The first kappa shape index (κ1) is 18.8. The van der Waals surface area contributed by atoms with Gasteiger partial charge in [0.1, 0.15) is 5.75 Å². The summed E-state index contributed by atoms with van der Waals surface area (Å²) in [6.45, 7) is 3.10. The molecule has 0 radical (unpaired) electrons. The third-order valence-corrected chi connectivity index (χ3v) is 6.34. The molecule has 0 N–H and O–H groups in total. The summed E-state index contributed by atoms with van der Waals surface area (Å²) >= 11 is 5.96. The third kappa shape index (κ3) is 4.07. The fraction of sp³-hybridized carbons (Fsp3) is 0.278. The number of benzene rings is 2. The molecule has 1 heterocycles. The topological polar surface area (TPSA) is 72.9 Å². The molecule has 138 valence electrons. The van der Waals surface area contributed by atoms with Gasteiger partial charge in [-0.3, -0.25) is 0 Å². The zero-order chi connectivity index (χ0) is 18.7. The van der Waals surface area contributed by atoms with Crippen LogP contribution in [0.1, 0.15) is 15.9 Å². The van der Waals surface area contributed by atoms with Crippen LogP contribution in [0.3, 0.4) is 0 Å². The van der Waals surface area contributed by atoms with Gasteiger partial charge in [0, 0.05) is 18.1 Å². The molecule has 0 aromatic heterocycles. The molecule has 1 fully saturated rings. The Morgan fingerprint density at radius 1 is 1.15 bits per heavy atom. The van der Waals surface area contributed by atoms with Gasteiger partial charge in [0.05, 0.1) is 23.7 Å². The lowest BCUT2D eigenvalue weighted by Crippen LogP contribution is -2.40. The number of nitrogens with zero attached hydrogens (tertiary/aromatic N) is 1. The minimum Gasteiger partial charge on any atom is -0.423 e. The Hall–Kier alpha value is -1.93. The van der Waals surface area contributed by atoms with E-state index in [0.717, 1.165) is 5.56 Å². The SMILES string of the molecule is Cc1cc(OC(=O)c2cccc(S(=O)(=O)N3CCOCC3)c2)ccc1Cl. The van der Waals surface area contributed by atoms with Crippen LogP contribution in [0.25, 0.3) is 0 Å². The van der Waals surface area contributed by atoms with Gasteiger partial charge in [0.2, 0.25) is 10.0 Å². The molecule has 26 heavy (non-hydrogen) atoms. The minimum absolute atomic E-state index is 0.0566. The van der Waals surface area contributed by atoms with Crippen molar-refractivity contribution >= 4 is 27.6 Å². The molecule has 8 heteroatoms. The Morgan fingerprint density at radius 3 is 2.58 bits per heavy atom. The first-order valence-corrected chi connectivity index (χ1v) is 9.86. The molecule has 0 aliphatic carbocycles. The van der Waals surface area contributed by atoms with E-state index in [0.29, 0.717) is 37.1 Å². The number of esters is 1. The van der Waals surface area contributed by atoms with Crippen molar-refractivity contribution in [1.82, 2.24) is 4.31 Å². The molecule has 0 saturated carbocycles. The van der Waals surface area contributed by atoms with Gasteiger partial charge in [0.15, 0.2) is 0 Å². The zero-order valence-electron chi connectivity index (χ0n) is 14.1. The summed E-state index contributed by atoms with van der Waals surface area (Å²) in [6.07, 6.45) is 0. The summed E-state index contributed by atoms with van der Waals surface area (Å²) < 4.78 is 37.3. The van der Waals surface area contributed by atoms with Gasteiger partial charge in [-0.1, -0.05) is 17.7 Å². The van der Waals surface area contributed by atoms with Gasteiger partial charge in [-0.05, 0) is 48.9 Å². The molecule has 1 aliphatic rings. The Bertz CT molecular complexity index is 923. The van der Waals surface area contributed by atoms with Gasteiger partial charge >= 0.3 is 5.97 Å². The highest BCUT2D eigenvalue weighted by atomic mass is 35.5. The second-order valence-corrected chi connectivity index (χ2v) is 8.19. The minimum atomic E-state index is -3.68. The monoisotopic (exact) mass is 395 g/mol. The number of hydrogen-bond acceptors (Lipinski definition) is 5. The maximum atomic E-state index is 12.7. The van der Waals surface area contributed by atoms with Crippen LogP contribution in [0, 0.1) is 6.92 Å². The molecule has 0 unspecified atom stereocenters. The van der Waals surface area contributed by atoms with E-state index in [2.05, 4.69) is 0 Å². The van der Waals surface area contributed by atoms with Crippen molar-refractivity contribution in [1.29, 1.82) is 0 Å². The standard InChI is InChI=1S/C18H18ClNO5S/c1-13-11-15(5-6-17(13)19)25-18(21)14-3-2-4-16(12-14)26(22,23)20-7-9-24-10-8-20/h2-6,11-12H,7-10H2,1H3. The van der Waals surface area contributed by atoms with Crippen LogP contribution >= 0.6 is 11.6 Å². The number of rotatable bonds is 4. The van der Waals surface area contributed by atoms with Crippen molar-refractivity contribution in [2.45, 2.75) is 11.8 Å². The van der Waals surface area contributed by atoms with Crippen LogP contribution in [-0.4, -0.2) is 45.0 Å². The molecule has 2 aromatic carbocycles. The highest BCUT2D eigenvalue weighted by molar-refractivity contribution is 7.89. The van der Waals surface area contributed by atoms with Crippen LogP contribution in [-0.2, 0) is 14.8 Å². The predicted octanol–water partition coefficient (Wildman–Crippen LogP) is 2.89. The Labute approximate surface area is 157 Å². The first-order chi connectivity index (χ1) is 12.4. The maximum absolute atomic E-state index is 12.7. The Morgan fingerprint density at radius 2 is 1.88 bits per heavy atom. The van der Waals surface area contributed by atoms with E-state index >= 15 is 0 Å². The molecule has 1 aliphatic heterocycles. The van der Waals surface area contributed by atoms with Crippen molar-refractivity contribution in [2.75, 3.05) is 26.3 Å². The number of aryl methyl sites for hydroxylation is 1. The largest absolute Gasteiger partial charge is 0.423 e. The summed E-state index contributed by atoms with van der Waals surface area (Å²) in [5.41, 5.74) is 0.938. The van der Waals surface area contributed by atoms with Crippen molar-refractivity contribution in [3.63, 3.8) is 0 Å². The number of sulfonamides is 1.